The highest BCUT2D eigenvalue weighted by Crippen LogP contribution is 2.15. The highest BCUT2D eigenvalue weighted by Gasteiger charge is 2.02. The average molecular weight is 366 g/mol. The molecule has 26 heavy (non-hydrogen) atoms. The van der Waals surface area contributed by atoms with E-state index in [0.717, 1.165) is 11.1 Å². The first-order chi connectivity index (χ1) is 12.7. The van der Waals surface area contributed by atoms with Crippen LogP contribution in [0.2, 0.25) is 5.02 Å². The fraction of sp³-hybridized carbons (Fsp3) is 0.0500. The van der Waals surface area contributed by atoms with Crippen molar-refractivity contribution in [3.63, 3.8) is 0 Å². The average Bonchev–Trinajstić information content (AvgIpc) is 2.68. The Morgan fingerprint density at radius 2 is 2.00 bits per heavy atom. The fourth-order valence-electron chi connectivity index (χ4n) is 2.16. The number of rotatable bonds is 6. The second-order valence-corrected chi connectivity index (χ2v) is 5.86. The molecule has 130 valence electrons. The maximum absolute atomic E-state index is 11.9. The predicted octanol–water partition coefficient (Wildman–Crippen LogP) is 4.08. The lowest BCUT2D eigenvalue weighted by atomic mass is 10.2. The Labute approximate surface area is 156 Å². The molecule has 0 spiro atoms. The molecule has 1 heterocycles. The van der Waals surface area contributed by atoms with Crippen molar-refractivity contribution in [2.24, 2.45) is 5.10 Å². The van der Waals surface area contributed by atoms with Crippen LogP contribution in [0.3, 0.4) is 0 Å². The molecule has 1 amide bonds. The summed E-state index contributed by atoms with van der Waals surface area (Å²) >= 11 is 5.87. The summed E-state index contributed by atoms with van der Waals surface area (Å²) < 4.78 is 5.77. The van der Waals surface area contributed by atoms with Crippen molar-refractivity contribution in [3.8, 4) is 5.75 Å². The number of halogens is 1. The molecule has 0 saturated heterocycles. The number of carbonyl (C=O) groups is 1. The zero-order chi connectivity index (χ0) is 18.2. The quantitative estimate of drug-likeness (QED) is 0.529. The van der Waals surface area contributed by atoms with Crippen molar-refractivity contribution < 1.29 is 9.53 Å². The molecular formula is C20H16ClN3O2. The van der Waals surface area contributed by atoms with E-state index in [2.05, 4.69) is 15.5 Å². The molecule has 3 rings (SSSR count). The van der Waals surface area contributed by atoms with Gasteiger partial charge in [0, 0.05) is 17.4 Å². The lowest BCUT2D eigenvalue weighted by Crippen LogP contribution is -2.17. The van der Waals surface area contributed by atoms with Gasteiger partial charge in [-0.15, -0.1) is 0 Å². The molecule has 0 aliphatic carbocycles. The fourth-order valence-corrected chi connectivity index (χ4v) is 2.28. The molecule has 0 radical (unpaired) electrons. The number of ether oxygens (including phenoxy) is 1. The van der Waals surface area contributed by atoms with Gasteiger partial charge in [-0.1, -0.05) is 35.9 Å². The standard InChI is InChI=1S/C20H16ClN3O2/c21-18-8-6-15(7-9-18)14-26-19-5-1-3-16(11-19)12-23-24-20(25)17-4-2-10-22-13-17/h1-13H,14H2,(H,24,25)/b23-12-. The minimum Gasteiger partial charge on any atom is -0.489 e. The third-order valence-corrected chi connectivity index (χ3v) is 3.73. The number of nitrogens with one attached hydrogen (secondary N) is 1. The van der Waals surface area contributed by atoms with Gasteiger partial charge in [0.1, 0.15) is 12.4 Å². The van der Waals surface area contributed by atoms with Crippen LogP contribution < -0.4 is 10.2 Å². The summed E-state index contributed by atoms with van der Waals surface area (Å²) in [6, 6.07) is 18.3. The maximum Gasteiger partial charge on any atom is 0.272 e. The molecule has 5 nitrogen and oxygen atoms in total. The number of aromatic nitrogens is 1. The first-order valence-corrected chi connectivity index (χ1v) is 8.29. The van der Waals surface area contributed by atoms with Crippen molar-refractivity contribution >= 4 is 23.7 Å². The molecule has 2 aromatic carbocycles. The molecule has 1 N–H and O–H groups in total. The van der Waals surface area contributed by atoms with Gasteiger partial charge in [-0.3, -0.25) is 9.78 Å². The van der Waals surface area contributed by atoms with E-state index in [1.165, 1.54) is 6.20 Å². The van der Waals surface area contributed by atoms with Crippen LogP contribution in [-0.4, -0.2) is 17.1 Å². The summed E-state index contributed by atoms with van der Waals surface area (Å²) in [6.45, 7) is 0.440. The zero-order valence-electron chi connectivity index (χ0n) is 13.8. The van der Waals surface area contributed by atoms with Gasteiger partial charge in [0.25, 0.3) is 5.91 Å². The number of benzene rings is 2. The smallest absolute Gasteiger partial charge is 0.272 e. The second-order valence-electron chi connectivity index (χ2n) is 5.43. The van der Waals surface area contributed by atoms with Crippen molar-refractivity contribution in [3.05, 3.63) is 94.8 Å². The lowest BCUT2D eigenvalue weighted by Gasteiger charge is -2.07. The van der Waals surface area contributed by atoms with E-state index in [1.54, 1.807) is 24.5 Å². The number of nitrogens with zero attached hydrogens (tertiary/aromatic N) is 2. The molecule has 0 fully saturated rings. The number of hydrogen-bond donors (Lipinski definition) is 1. The Balaban J connectivity index is 1.56. The summed E-state index contributed by atoms with van der Waals surface area (Å²) in [4.78, 5) is 15.8. The Hall–Kier alpha value is -3.18. The molecule has 0 aliphatic heterocycles. The summed E-state index contributed by atoms with van der Waals surface area (Å²) in [6.07, 6.45) is 4.65. The Kier molecular flexibility index (Phi) is 5.96. The van der Waals surface area contributed by atoms with E-state index >= 15 is 0 Å². The van der Waals surface area contributed by atoms with Crippen LogP contribution in [0.25, 0.3) is 0 Å². The van der Waals surface area contributed by atoms with E-state index in [4.69, 9.17) is 16.3 Å². The van der Waals surface area contributed by atoms with E-state index in [1.807, 2.05) is 48.5 Å². The number of pyridine rings is 1. The van der Waals surface area contributed by atoms with Crippen molar-refractivity contribution in [2.75, 3.05) is 0 Å². The van der Waals surface area contributed by atoms with E-state index in [-0.39, 0.29) is 5.91 Å². The third-order valence-electron chi connectivity index (χ3n) is 3.48. The lowest BCUT2D eigenvalue weighted by molar-refractivity contribution is 0.0955. The second kappa shape index (κ2) is 8.78. The molecule has 1 aromatic heterocycles. The van der Waals surface area contributed by atoms with Crippen LogP contribution in [0.1, 0.15) is 21.5 Å². The number of carbonyl (C=O) groups excluding carboxylic acids is 1. The molecule has 0 bridgehead atoms. The summed E-state index contributed by atoms with van der Waals surface area (Å²) in [5.74, 6) is 0.395. The molecule has 0 atom stereocenters. The van der Waals surface area contributed by atoms with Crippen LogP contribution in [0, 0.1) is 0 Å². The van der Waals surface area contributed by atoms with Gasteiger partial charge >= 0.3 is 0 Å². The molecule has 6 heteroatoms. The number of hydrazone groups is 1. The molecule has 0 saturated carbocycles. The van der Waals surface area contributed by atoms with Crippen molar-refractivity contribution in [1.82, 2.24) is 10.4 Å². The Morgan fingerprint density at radius 1 is 1.15 bits per heavy atom. The maximum atomic E-state index is 11.9. The molecular weight excluding hydrogens is 350 g/mol. The summed E-state index contributed by atoms with van der Waals surface area (Å²) in [7, 11) is 0. The van der Waals surface area contributed by atoms with Gasteiger partial charge in [0.2, 0.25) is 0 Å². The third kappa shape index (κ3) is 5.16. The van der Waals surface area contributed by atoms with Gasteiger partial charge in [0.15, 0.2) is 0 Å². The monoisotopic (exact) mass is 365 g/mol. The molecule has 3 aromatic rings. The first-order valence-electron chi connectivity index (χ1n) is 7.91. The van der Waals surface area contributed by atoms with Gasteiger partial charge in [0.05, 0.1) is 11.8 Å². The van der Waals surface area contributed by atoms with Gasteiger partial charge in [-0.05, 0) is 47.5 Å². The van der Waals surface area contributed by atoms with Gasteiger partial charge < -0.3 is 4.74 Å². The number of amides is 1. The summed E-state index contributed by atoms with van der Waals surface area (Å²) in [5.41, 5.74) is 4.75. The van der Waals surface area contributed by atoms with Gasteiger partial charge in [-0.2, -0.15) is 5.10 Å². The van der Waals surface area contributed by atoms with Crippen LogP contribution >= 0.6 is 11.6 Å². The van der Waals surface area contributed by atoms with Gasteiger partial charge in [-0.25, -0.2) is 5.43 Å². The van der Waals surface area contributed by atoms with Crippen LogP contribution in [0.5, 0.6) is 5.75 Å². The zero-order valence-corrected chi connectivity index (χ0v) is 14.6. The molecule has 0 aliphatic rings. The Bertz CT molecular complexity index is 896. The van der Waals surface area contributed by atoms with Crippen molar-refractivity contribution in [1.29, 1.82) is 0 Å². The minimum atomic E-state index is -0.315. The summed E-state index contributed by atoms with van der Waals surface area (Å²) in [5, 5.41) is 4.66. The van der Waals surface area contributed by atoms with E-state index in [9.17, 15) is 4.79 Å². The highest BCUT2D eigenvalue weighted by atomic mass is 35.5. The minimum absolute atomic E-state index is 0.315. The molecule has 0 unspecified atom stereocenters. The van der Waals surface area contributed by atoms with Crippen LogP contribution in [-0.2, 0) is 6.61 Å². The van der Waals surface area contributed by atoms with Crippen LogP contribution in [0.15, 0.2) is 78.2 Å². The normalized spacial score (nSPS) is 10.7. The first kappa shape index (κ1) is 17.6. The van der Waals surface area contributed by atoms with Crippen molar-refractivity contribution in [2.45, 2.75) is 6.61 Å². The van der Waals surface area contributed by atoms with Crippen LogP contribution in [0.4, 0.5) is 0 Å². The van der Waals surface area contributed by atoms with E-state index < -0.39 is 0 Å². The number of hydrogen-bond acceptors (Lipinski definition) is 4. The largest absolute Gasteiger partial charge is 0.489 e. The Morgan fingerprint density at radius 3 is 2.77 bits per heavy atom. The SMILES string of the molecule is O=C(N/N=C\c1cccc(OCc2ccc(Cl)cc2)c1)c1cccnc1. The topological polar surface area (TPSA) is 63.6 Å². The van der Waals surface area contributed by atoms with E-state index in [0.29, 0.717) is 22.9 Å². The highest BCUT2D eigenvalue weighted by molar-refractivity contribution is 6.30. The predicted molar refractivity (Wildman–Crippen MR) is 102 cm³/mol.